The highest BCUT2D eigenvalue weighted by Crippen LogP contribution is 2.40. The lowest BCUT2D eigenvalue weighted by Crippen LogP contribution is -2.29. The van der Waals surface area contributed by atoms with Crippen LogP contribution in [0.3, 0.4) is 0 Å². The molecule has 2 aliphatic heterocycles. The number of aryl methyl sites for hydroxylation is 1. The second kappa shape index (κ2) is 4.02. The zero-order valence-corrected chi connectivity index (χ0v) is 10.9. The van der Waals surface area contributed by atoms with E-state index < -0.39 is 0 Å². The monoisotopic (exact) mass is 230 g/mol. The Morgan fingerprint density at radius 3 is 2.35 bits per heavy atom. The largest absolute Gasteiger partial charge is 0.371 e. The van der Waals surface area contributed by atoms with Crippen LogP contribution in [0.2, 0.25) is 0 Å². The smallest absolute Gasteiger partial charge is 0.0366 e. The minimum atomic E-state index is 0.583. The number of hydrogen-bond acceptors (Lipinski definition) is 2. The maximum atomic E-state index is 2.57. The highest BCUT2D eigenvalue weighted by molar-refractivity contribution is 5.49. The highest BCUT2D eigenvalue weighted by Gasteiger charge is 2.42. The van der Waals surface area contributed by atoms with E-state index in [9.17, 15) is 0 Å². The molecular weight excluding hydrogens is 208 g/mol. The van der Waals surface area contributed by atoms with Crippen molar-refractivity contribution in [3.63, 3.8) is 0 Å². The molecule has 2 heteroatoms. The summed E-state index contributed by atoms with van der Waals surface area (Å²) in [7, 11) is 2.25. The summed E-state index contributed by atoms with van der Waals surface area (Å²) in [4.78, 5) is 5.05. The van der Waals surface area contributed by atoms with Gasteiger partial charge in [-0.2, -0.15) is 0 Å². The van der Waals surface area contributed by atoms with Crippen molar-refractivity contribution >= 4 is 5.69 Å². The van der Waals surface area contributed by atoms with Crippen molar-refractivity contribution in [2.45, 2.75) is 19.8 Å². The van der Waals surface area contributed by atoms with E-state index in [-0.39, 0.29) is 0 Å². The SMILES string of the molecule is Cc1ccc(N2CCC3(CCN(C)C3)C2)cc1. The maximum absolute atomic E-state index is 2.57. The summed E-state index contributed by atoms with van der Waals surface area (Å²) in [5.74, 6) is 0. The van der Waals surface area contributed by atoms with Crippen LogP contribution in [0.1, 0.15) is 18.4 Å². The van der Waals surface area contributed by atoms with Crippen molar-refractivity contribution in [2.75, 3.05) is 38.1 Å². The van der Waals surface area contributed by atoms with Crippen LogP contribution in [0.5, 0.6) is 0 Å². The molecule has 0 N–H and O–H groups in total. The van der Waals surface area contributed by atoms with Crippen molar-refractivity contribution < 1.29 is 0 Å². The third kappa shape index (κ3) is 2.06. The van der Waals surface area contributed by atoms with Gasteiger partial charge in [0.15, 0.2) is 0 Å². The summed E-state index contributed by atoms with van der Waals surface area (Å²) < 4.78 is 0. The molecule has 0 aromatic heterocycles. The molecule has 2 saturated heterocycles. The Balaban J connectivity index is 1.74. The second-order valence-corrected chi connectivity index (χ2v) is 5.99. The first kappa shape index (κ1) is 11.1. The third-order valence-corrected chi connectivity index (χ3v) is 4.47. The first-order valence-corrected chi connectivity index (χ1v) is 6.67. The van der Waals surface area contributed by atoms with Crippen LogP contribution in [0.25, 0.3) is 0 Å². The van der Waals surface area contributed by atoms with Gasteiger partial charge in [0, 0.05) is 30.7 Å². The van der Waals surface area contributed by atoms with Gasteiger partial charge in [-0.15, -0.1) is 0 Å². The van der Waals surface area contributed by atoms with E-state index in [0.717, 1.165) is 0 Å². The Morgan fingerprint density at radius 1 is 1.00 bits per heavy atom. The predicted molar refractivity (Wildman–Crippen MR) is 72.6 cm³/mol. The van der Waals surface area contributed by atoms with Gasteiger partial charge in [-0.05, 0) is 45.5 Å². The van der Waals surface area contributed by atoms with Crippen LogP contribution >= 0.6 is 0 Å². The van der Waals surface area contributed by atoms with Gasteiger partial charge in [0.2, 0.25) is 0 Å². The summed E-state index contributed by atoms with van der Waals surface area (Å²) in [6.07, 6.45) is 2.75. The van der Waals surface area contributed by atoms with Crippen molar-refractivity contribution in [3.05, 3.63) is 29.8 Å². The van der Waals surface area contributed by atoms with Gasteiger partial charge >= 0.3 is 0 Å². The minimum absolute atomic E-state index is 0.583. The first-order chi connectivity index (χ1) is 8.17. The topological polar surface area (TPSA) is 6.48 Å². The Labute approximate surface area is 104 Å². The Kier molecular flexibility index (Phi) is 2.62. The molecule has 0 amide bonds. The Bertz CT molecular complexity index is 398. The summed E-state index contributed by atoms with van der Waals surface area (Å²) in [6, 6.07) is 8.99. The van der Waals surface area contributed by atoms with Crippen LogP contribution in [-0.4, -0.2) is 38.1 Å². The van der Waals surface area contributed by atoms with Gasteiger partial charge in [0.25, 0.3) is 0 Å². The quantitative estimate of drug-likeness (QED) is 0.731. The zero-order valence-electron chi connectivity index (χ0n) is 10.9. The minimum Gasteiger partial charge on any atom is -0.371 e. The van der Waals surface area contributed by atoms with Crippen molar-refractivity contribution in [2.24, 2.45) is 5.41 Å². The molecule has 3 rings (SSSR count). The van der Waals surface area contributed by atoms with Crippen LogP contribution < -0.4 is 4.90 Å². The number of rotatable bonds is 1. The molecule has 2 heterocycles. The van der Waals surface area contributed by atoms with Gasteiger partial charge in [-0.3, -0.25) is 0 Å². The molecule has 17 heavy (non-hydrogen) atoms. The van der Waals surface area contributed by atoms with E-state index in [0.29, 0.717) is 5.41 Å². The fourth-order valence-electron chi connectivity index (χ4n) is 3.40. The van der Waals surface area contributed by atoms with E-state index >= 15 is 0 Å². The maximum Gasteiger partial charge on any atom is 0.0366 e. The molecule has 1 atom stereocenters. The summed E-state index contributed by atoms with van der Waals surface area (Å²) in [5, 5.41) is 0. The molecule has 1 aromatic carbocycles. The Morgan fingerprint density at radius 2 is 1.71 bits per heavy atom. The number of hydrogen-bond donors (Lipinski definition) is 0. The molecule has 2 nitrogen and oxygen atoms in total. The molecule has 0 radical (unpaired) electrons. The van der Waals surface area contributed by atoms with E-state index in [4.69, 9.17) is 0 Å². The zero-order chi connectivity index (χ0) is 11.9. The second-order valence-electron chi connectivity index (χ2n) is 5.99. The number of nitrogens with zero attached hydrogens (tertiary/aromatic N) is 2. The van der Waals surface area contributed by atoms with Gasteiger partial charge in [0.05, 0.1) is 0 Å². The molecule has 0 aliphatic carbocycles. The van der Waals surface area contributed by atoms with Crippen LogP contribution in [0, 0.1) is 12.3 Å². The predicted octanol–water partition coefficient (Wildman–Crippen LogP) is 2.53. The summed E-state index contributed by atoms with van der Waals surface area (Å²) in [5.41, 5.74) is 3.34. The molecule has 2 aliphatic rings. The summed E-state index contributed by atoms with van der Waals surface area (Å²) >= 11 is 0. The lowest BCUT2D eigenvalue weighted by Gasteiger charge is -2.25. The van der Waals surface area contributed by atoms with E-state index in [1.807, 2.05) is 0 Å². The first-order valence-electron chi connectivity index (χ1n) is 6.67. The van der Waals surface area contributed by atoms with Gasteiger partial charge in [-0.1, -0.05) is 17.7 Å². The molecule has 2 fully saturated rings. The molecular formula is C15H22N2. The molecule has 0 saturated carbocycles. The van der Waals surface area contributed by atoms with Crippen molar-refractivity contribution in [3.8, 4) is 0 Å². The lowest BCUT2D eigenvalue weighted by molar-refractivity contribution is 0.312. The highest BCUT2D eigenvalue weighted by atomic mass is 15.2. The third-order valence-electron chi connectivity index (χ3n) is 4.47. The number of benzene rings is 1. The fraction of sp³-hybridized carbons (Fsp3) is 0.600. The number of anilines is 1. The average Bonchev–Trinajstić information content (AvgIpc) is 2.88. The van der Waals surface area contributed by atoms with E-state index in [1.54, 1.807) is 0 Å². The van der Waals surface area contributed by atoms with E-state index in [1.165, 1.54) is 50.3 Å². The van der Waals surface area contributed by atoms with Crippen LogP contribution in [0.4, 0.5) is 5.69 Å². The Hall–Kier alpha value is -1.02. The van der Waals surface area contributed by atoms with Gasteiger partial charge in [-0.25, -0.2) is 0 Å². The summed E-state index contributed by atoms with van der Waals surface area (Å²) in [6.45, 7) is 7.20. The molecule has 92 valence electrons. The lowest BCUT2D eigenvalue weighted by atomic mass is 9.86. The molecule has 1 aromatic rings. The molecule has 1 unspecified atom stereocenters. The normalized spacial score (nSPS) is 29.4. The van der Waals surface area contributed by atoms with Gasteiger partial charge in [0.1, 0.15) is 0 Å². The molecule has 1 spiro atoms. The van der Waals surface area contributed by atoms with Crippen LogP contribution in [-0.2, 0) is 0 Å². The molecule has 0 bridgehead atoms. The van der Waals surface area contributed by atoms with Crippen molar-refractivity contribution in [1.29, 1.82) is 0 Å². The van der Waals surface area contributed by atoms with Crippen LogP contribution in [0.15, 0.2) is 24.3 Å². The fourth-order valence-corrected chi connectivity index (χ4v) is 3.40. The average molecular weight is 230 g/mol. The van der Waals surface area contributed by atoms with Gasteiger partial charge < -0.3 is 9.80 Å². The number of likely N-dealkylation sites (tertiary alicyclic amines) is 1. The van der Waals surface area contributed by atoms with E-state index in [2.05, 4.69) is 48.0 Å². The standard InChI is InChI=1S/C15H22N2/c1-13-3-5-14(6-4-13)17-10-8-15(12-17)7-9-16(2)11-15/h3-6H,7-12H2,1-2H3. The van der Waals surface area contributed by atoms with Crippen molar-refractivity contribution in [1.82, 2.24) is 4.90 Å².